The number of carboxylic acid groups (broad SMARTS) is 1. The minimum atomic E-state index is -1.24. The Kier molecular flexibility index (Phi) is 4.91. The zero-order valence-electron chi connectivity index (χ0n) is 11.4. The predicted octanol–water partition coefficient (Wildman–Crippen LogP) is 0.515. The third kappa shape index (κ3) is 4.27. The van der Waals surface area contributed by atoms with Crippen LogP contribution in [0.3, 0.4) is 0 Å². The van der Waals surface area contributed by atoms with Crippen molar-refractivity contribution >= 4 is 12.0 Å². The molecule has 1 heterocycles. The van der Waals surface area contributed by atoms with Gasteiger partial charge in [-0.15, -0.1) is 0 Å². The first kappa shape index (κ1) is 15.0. The first-order chi connectivity index (χ1) is 8.87. The zero-order valence-corrected chi connectivity index (χ0v) is 11.4. The van der Waals surface area contributed by atoms with Crippen LogP contribution in [0.2, 0.25) is 0 Å². The molecule has 19 heavy (non-hydrogen) atoms. The zero-order chi connectivity index (χ0) is 14.5. The fourth-order valence-electron chi connectivity index (χ4n) is 1.49. The Morgan fingerprint density at radius 2 is 2.21 bits per heavy atom. The number of urea groups is 1. The van der Waals surface area contributed by atoms with Crippen molar-refractivity contribution in [2.24, 2.45) is 7.05 Å². The van der Waals surface area contributed by atoms with Crippen molar-refractivity contribution in [1.82, 2.24) is 20.4 Å². The van der Waals surface area contributed by atoms with Crippen LogP contribution in [-0.2, 0) is 18.3 Å². The molecule has 0 saturated carbocycles. The van der Waals surface area contributed by atoms with Gasteiger partial charge in [0.1, 0.15) is 5.54 Å². The van der Waals surface area contributed by atoms with Gasteiger partial charge < -0.3 is 15.7 Å². The lowest BCUT2D eigenvalue weighted by Crippen LogP contribution is -2.55. The van der Waals surface area contributed by atoms with E-state index in [0.717, 1.165) is 5.69 Å². The van der Waals surface area contributed by atoms with Crippen molar-refractivity contribution < 1.29 is 14.7 Å². The van der Waals surface area contributed by atoms with Gasteiger partial charge in [0, 0.05) is 26.2 Å². The normalized spacial score (nSPS) is 13.6. The molecule has 7 heteroatoms. The summed E-state index contributed by atoms with van der Waals surface area (Å²) in [6, 6.07) is 1.38. The maximum Gasteiger partial charge on any atom is 0.329 e. The Morgan fingerprint density at radius 3 is 2.68 bits per heavy atom. The van der Waals surface area contributed by atoms with Crippen molar-refractivity contribution in [3.63, 3.8) is 0 Å². The van der Waals surface area contributed by atoms with E-state index < -0.39 is 17.5 Å². The van der Waals surface area contributed by atoms with Crippen molar-refractivity contribution in [3.05, 3.63) is 18.0 Å². The van der Waals surface area contributed by atoms with Gasteiger partial charge in [0.05, 0.1) is 5.69 Å². The quantitative estimate of drug-likeness (QED) is 0.700. The van der Waals surface area contributed by atoms with E-state index in [1.807, 2.05) is 19.3 Å². The minimum absolute atomic E-state index is 0.315. The van der Waals surface area contributed by atoms with Gasteiger partial charge in [-0.05, 0) is 19.4 Å². The fraction of sp³-hybridized carbons (Fsp3) is 0.583. The Hall–Kier alpha value is -2.05. The summed E-state index contributed by atoms with van der Waals surface area (Å²) in [5, 5.41) is 18.3. The second-order valence-electron chi connectivity index (χ2n) is 4.60. The van der Waals surface area contributed by atoms with Gasteiger partial charge in [-0.2, -0.15) is 5.10 Å². The van der Waals surface area contributed by atoms with E-state index in [9.17, 15) is 9.59 Å². The smallest absolute Gasteiger partial charge is 0.329 e. The molecule has 1 unspecified atom stereocenters. The Labute approximate surface area is 112 Å². The highest BCUT2D eigenvalue weighted by molar-refractivity contribution is 5.85. The molecule has 0 aliphatic carbocycles. The van der Waals surface area contributed by atoms with Crippen LogP contribution in [0.5, 0.6) is 0 Å². The van der Waals surface area contributed by atoms with E-state index in [-0.39, 0.29) is 0 Å². The highest BCUT2D eigenvalue weighted by atomic mass is 16.4. The van der Waals surface area contributed by atoms with E-state index in [1.165, 1.54) is 6.92 Å². The van der Waals surface area contributed by atoms with Crippen LogP contribution in [0.4, 0.5) is 4.79 Å². The molecule has 7 nitrogen and oxygen atoms in total. The van der Waals surface area contributed by atoms with Crippen LogP contribution in [-0.4, -0.2) is 39.0 Å². The van der Waals surface area contributed by atoms with Crippen LogP contribution in [0, 0.1) is 0 Å². The Morgan fingerprint density at radius 1 is 1.53 bits per heavy atom. The fourth-order valence-corrected chi connectivity index (χ4v) is 1.49. The number of carbonyl (C=O) groups is 2. The Bertz CT molecular complexity index is 458. The molecule has 1 aromatic rings. The molecule has 0 aromatic carbocycles. The second-order valence-corrected chi connectivity index (χ2v) is 4.60. The van der Waals surface area contributed by atoms with E-state index in [0.29, 0.717) is 19.4 Å². The third-order valence-corrected chi connectivity index (χ3v) is 3.00. The summed E-state index contributed by atoms with van der Waals surface area (Å²) >= 11 is 0. The monoisotopic (exact) mass is 268 g/mol. The highest BCUT2D eigenvalue weighted by Crippen LogP contribution is 2.08. The number of carboxylic acids is 1. The first-order valence-electron chi connectivity index (χ1n) is 6.15. The maximum absolute atomic E-state index is 11.6. The van der Waals surface area contributed by atoms with Crippen molar-refractivity contribution in [2.45, 2.75) is 32.2 Å². The third-order valence-electron chi connectivity index (χ3n) is 3.00. The molecule has 0 fully saturated rings. The number of nitrogens with zero attached hydrogens (tertiary/aromatic N) is 2. The predicted molar refractivity (Wildman–Crippen MR) is 69.8 cm³/mol. The number of aryl methyl sites for hydroxylation is 1. The summed E-state index contributed by atoms with van der Waals surface area (Å²) in [4.78, 5) is 22.6. The van der Waals surface area contributed by atoms with Gasteiger partial charge in [0.2, 0.25) is 0 Å². The molecule has 0 bridgehead atoms. The van der Waals surface area contributed by atoms with Crippen LogP contribution >= 0.6 is 0 Å². The molecule has 0 radical (unpaired) electrons. The molecule has 1 atom stereocenters. The number of hydrogen-bond donors (Lipinski definition) is 3. The summed E-state index contributed by atoms with van der Waals surface area (Å²) in [5.41, 5.74) is -0.367. The topological polar surface area (TPSA) is 96.3 Å². The summed E-state index contributed by atoms with van der Waals surface area (Å²) < 4.78 is 1.69. The SMILES string of the molecule is CCC(C)(NC(=O)NCCc1ccn(C)n1)C(=O)O. The van der Waals surface area contributed by atoms with Gasteiger partial charge in [-0.25, -0.2) is 9.59 Å². The number of hydrogen-bond acceptors (Lipinski definition) is 3. The van der Waals surface area contributed by atoms with Crippen LogP contribution < -0.4 is 10.6 Å². The number of rotatable bonds is 6. The van der Waals surface area contributed by atoms with Crippen LogP contribution in [0.1, 0.15) is 26.0 Å². The standard InChI is InChI=1S/C12H20N4O3/c1-4-12(2,10(17)18)14-11(19)13-7-5-9-6-8-16(3)15-9/h6,8H,4-5,7H2,1-3H3,(H,17,18)(H2,13,14,19). The summed E-state index contributed by atoms with van der Waals surface area (Å²) in [6.07, 6.45) is 2.74. The van der Waals surface area contributed by atoms with Crippen molar-refractivity contribution in [3.8, 4) is 0 Å². The molecule has 106 valence electrons. The lowest BCUT2D eigenvalue weighted by molar-refractivity contribution is -0.143. The van der Waals surface area contributed by atoms with Gasteiger partial charge in [-0.3, -0.25) is 4.68 Å². The molecule has 0 spiro atoms. The van der Waals surface area contributed by atoms with Gasteiger partial charge in [0.25, 0.3) is 0 Å². The molecular weight excluding hydrogens is 248 g/mol. The van der Waals surface area contributed by atoms with Crippen LogP contribution in [0.25, 0.3) is 0 Å². The van der Waals surface area contributed by atoms with E-state index in [2.05, 4.69) is 15.7 Å². The highest BCUT2D eigenvalue weighted by Gasteiger charge is 2.32. The number of carbonyl (C=O) groups excluding carboxylic acids is 1. The summed E-state index contributed by atoms with van der Waals surface area (Å²) in [5.74, 6) is -1.05. The number of amides is 2. The van der Waals surface area contributed by atoms with Gasteiger partial charge in [-0.1, -0.05) is 6.92 Å². The molecule has 2 amide bonds. The molecule has 0 saturated heterocycles. The van der Waals surface area contributed by atoms with E-state index >= 15 is 0 Å². The van der Waals surface area contributed by atoms with Crippen molar-refractivity contribution in [1.29, 1.82) is 0 Å². The molecule has 0 aliphatic rings. The lowest BCUT2D eigenvalue weighted by Gasteiger charge is -2.24. The average Bonchev–Trinajstić information content (AvgIpc) is 2.74. The number of aliphatic carboxylic acids is 1. The maximum atomic E-state index is 11.6. The average molecular weight is 268 g/mol. The molecule has 1 aromatic heterocycles. The molecular formula is C12H20N4O3. The minimum Gasteiger partial charge on any atom is -0.480 e. The summed E-state index contributed by atoms with van der Waals surface area (Å²) in [7, 11) is 1.82. The van der Waals surface area contributed by atoms with E-state index in [1.54, 1.807) is 11.6 Å². The Balaban J connectivity index is 2.37. The molecule has 1 rings (SSSR count). The second kappa shape index (κ2) is 6.21. The lowest BCUT2D eigenvalue weighted by atomic mass is 10.00. The molecule has 3 N–H and O–H groups in total. The number of aromatic nitrogens is 2. The van der Waals surface area contributed by atoms with Crippen molar-refractivity contribution in [2.75, 3.05) is 6.54 Å². The number of nitrogens with one attached hydrogen (secondary N) is 2. The van der Waals surface area contributed by atoms with Gasteiger partial charge >= 0.3 is 12.0 Å². The van der Waals surface area contributed by atoms with Crippen LogP contribution in [0.15, 0.2) is 12.3 Å². The summed E-state index contributed by atoms with van der Waals surface area (Å²) in [6.45, 7) is 3.60. The largest absolute Gasteiger partial charge is 0.480 e. The van der Waals surface area contributed by atoms with Gasteiger partial charge in [0.15, 0.2) is 0 Å². The molecule has 0 aliphatic heterocycles. The van der Waals surface area contributed by atoms with E-state index in [4.69, 9.17) is 5.11 Å². The first-order valence-corrected chi connectivity index (χ1v) is 6.15.